The summed E-state index contributed by atoms with van der Waals surface area (Å²) in [6, 6.07) is 18.0. The van der Waals surface area contributed by atoms with Gasteiger partial charge in [0.25, 0.3) is 11.8 Å². The molecule has 0 saturated heterocycles. The molecule has 202 valence electrons. The number of aromatic nitrogens is 2. The van der Waals surface area contributed by atoms with E-state index in [1.807, 2.05) is 19.1 Å². The number of carbonyl (C=O) groups excluding carboxylic acids is 2. The van der Waals surface area contributed by atoms with Gasteiger partial charge in [0, 0.05) is 28.7 Å². The Morgan fingerprint density at radius 1 is 0.850 bits per heavy atom. The number of thiazole rings is 1. The first-order valence-electron chi connectivity index (χ1n) is 12.1. The molecule has 0 aliphatic carbocycles. The highest BCUT2D eigenvalue weighted by atomic mass is 32.1. The molecule has 0 unspecified atom stereocenters. The summed E-state index contributed by atoms with van der Waals surface area (Å²) in [5.41, 5.74) is 2.66. The van der Waals surface area contributed by atoms with E-state index in [9.17, 15) is 22.8 Å². The third kappa shape index (κ3) is 6.10. The van der Waals surface area contributed by atoms with E-state index in [1.54, 1.807) is 49.5 Å². The number of hydrogen-bond donors (Lipinski definition) is 3. The molecule has 0 bridgehead atoms. The lowest BCUT2D eigenvalue weighted by Gasteiger charge is -2.13. The van der Waals surface area contributed by atoms with Crippen LogP contribution >= 0.6 is 11.3 Å². The van der Waals surface area contributed by atoms with Crippen LogP contribution in [-0.4, -0.2) is 21.8 Å². The lowest BCUT2D eigenvalue weighted by molar-refractivity contribution is -0.137. The summed E-state index contributed by atoms with van der Waals surface area (Å²) in [5, 5.41) is 9.26. The van der Waals surface area contributed by atoms with Crippen molar-refractivity contribution in [3.63, 3.8) is 0 Å². The number of alkyl halides is 3. The lowest BCUT2D eigenvalue weighted by Crippen LogP contribution is -2.15. The predicted molar refractivity (Wildman–Crippen MR) is 150 cm³/mol. The molecule has 0 aliphatic rings. The summed E-state index contributed by atoms with van der Waals surface area (Å²) >= 11 is 1.39. The topological polar surface area (TPSA) is 96.0 Å². The first kappa shape index (κ1) is 26.8. The fraction of sp³-hybridized carbons (Fsp3) is 0.103. The summed E-state index contributed by atoms with van der Waals surface area (Å²) in [5.74, 6) is -0.393. The fourth-order valence-corrected chi connectivity index (χ4v) is 4.81. The predicted octanol–water partition coefficient (Wildman–Crippen LogP) is 7.58. The van der Waals surface area contributed by atoms with Crippen molar-refractivity contribution < 1.29 is 22.8 Å². The number of amides is 2. The second-order valence-corrected chi connectivity index (χ2v) is 10.1. The van der Waals surface area contributed by atoms with Crippen molar-refractivity contribution in [3.05, 3.63) is 107 Å². The van der Waals surface area contributed by atoms with Crippen LogP contribution in [0.4, 0.5) is 35.5 Å². The molecule has 2 amide bonds. The summed E-state index contributed by atoms with van der Waals surface area (Å²) < 4.78 is 39.9. The van der Waals surface area contributed by atoms with Gasteiger partial charge in [0.1, 0.15) is 5.82 Å². The molecule has 3 N–H and O–H groups in total. The number of pyridine rings is 1. The zero-order chi connectivity index (χ0) is 28.4. The van der Waals surface area contributed by atoms with Crippen molar-refractivity contribution in [2.45, 2.75) is 20.0 Å². The Kier molecular flexibility index (Phi) is 7.22. The van der Waals surface area contributed by atoms with Gasteiger partial charge >= 0.3 is 6.18 Å². The summed E-state index contributed by atoms with van der Waals surface area (Å²) in [4.78, 5) is 34.5. The zero-order valence-corrected chi connectivity index (χ0v) is 22.1. The molecule has 0 atom stereocenters. The van der Waals surface area contributed by atoms with E-state index in [1.165, 1.54) is 23.5 Å². The minimum Gasteiger partial charge on any atom is -0.322 e. The molecule has 11 heteroatoms. The van der Waals surface area contributed by atoms with Crippen molar-refractivity contribution in [2.75, 3.05) is 16.0 Å². The largest absolute Gasteiger partial charge is 0.416 e. The number of hydrogen-bond acceptors (Lipinski definition) is 6. The van der Waals surface area contributed by atoms with E-state index in [4.69, 9.17) is 0 Å². The molecule has 0 saturated carbocycles. The Bertz CT molecular complexity index is 1750. The maximum Gasteiger partial charge on any atom is 0.416 e. The standard InChI is InChI=1S/C29H22F3N5O2S/c1-16-10-11-33-25(12-16)37-28-36-22-9-7-19(14-24(22)40-28)27(39)35-23-15-21(8-6-17(23)2)34-26(38)18-4-3-5-20(13-18)29(30,31)32/h3-15H,1-2H3,(H,34,38)(H,35,39)(H,33,36,37). The lowest BCUT2D eigenvalue weighted by atomic mass is 10.1. The molecule has 2 aromatic heterocycles. The van der Waals surface area contributed by atoms with E-state index >= 15 is 0 Å². The van der Waals surface area contributed by atoms with Gasteiger partial charge in [-0.05, 0) is 85.6 Å². The van der Waals surface area contributed by atoms with E-state index < -0.39 is 17.6 Å². The molecule has 7 nitrogen and oxygen atoms in total. The van der Waals surface area contributed by atoms with Crippen LogP contribution in [0.2, 0.25) is 0 Å². The maximum atomic E-state index is 13.1. The number of halogens is 3. The van der Waals surface area contributed by atoms with Gasteiger partial charge in [-0.25, -0.2) is 9.97 Å². The Morgan fingerprint density at radius 3 is 2.40 bits per heavy atom. The molecule has 2 heterocycles. The number of nitrogens with zero attached hydrogens (tertiary/aromatic N) is 2. The fourth-order valence-electron chi connectivity index (χ4n) is 3.90. The average Bonchev–Trinajstić information content (AvgIpc) is 3.31. The second kappa shape index (κ2) is 10.8. The smallest absolute Gasteiger partial charge is 0.322 e. The Balaban J connectivity index is 1.30. The van der Waals surface area contributed by atoms with Crippen molar-refractivity contribution in [1.29, 1.82) is 0 Å². The van der Waals surface area contributed by atoms with Gasteiger partial charge in [0.15, 0.2) is 5.13 Å². The van der Waals surface area contributed by atoms with Gasteiger partial charge in [0.2, 0.25) is 0 Å². The first-order chi connectivity index (χ1) is 19.0. The Morgan fingerprint density at radius 2 is 1.62 bits per heavy atom. The molecule has 0 radical (unpaired) electrons. The molecule has 5 aromatic rings. The van der Waals surface area contributed by atoms with Crippen molar-refractivity contribution in [1.82, 2.24) is 9.97 Å². The molecule has 0 aliphatic heterocycles. The van der Waals surface area contributed by atoms with Crippen molar-refractivity contribution >= 4 is 55.7 Å². The highest BCUT2D eigenvalue weighted by Crippen LogP contribution is 2.31. The van der Waals surface area contributed by atoms with Gasteiger partial charge < -0.3 is 16.0 Å². The number of benzene rings is 3. The Hall–Kier alpha value is -4.77. The van der Waals surface area contributed by atoms with Crippen LogP contribution in [0.5, 0.6) is 0 Å². The van der Waals surface area contributed by atoms with Crippen molar-refractivity contribution in [3.8, 4) is 0 Å². The molecule has 40 heavy (non-hydrogen) atoms. The first-order valence-corrected chi connectivity index (χ1v) is 12.9. The third-order valence-electron chi connectivity index (χ3n) is 6.00. The molecular weight excluding hydrogens is 539 g/mol. The van der Waals surface area contributed by atoms with Crippen LogP contribution in [-0.2, 0) is 6.18 Å². The zero-order valence-electron chi connectivity index (χ0n) is 21.3. The number of fused-ring (bicyclic) bond motifs is 1. The Labute approximate surface area is 231 Å². The van der Waals surface area contributed by atoms with Crippen LogP contribution in [0.25, 0.3) is 10.2 Å². The number of aryl methyl sites for hydroxylation is 2. The van der Waals surface area contributed by atoms with Crippen molar-refractivity contribution in [2.24, 2.45) is 0 Å². The molecule has 3 aromatic carbocycles. The number of nitrogens with one attached hydrogen (secondary N) is 3. The summed E-state index contributed by atoms with van der Waals surface area (Å²) in [7, 11) is 0. The van der Waals surface area contributed by atoms with Crippen LogP contribution in [0.1, 0.15) is 37.4 Å². The molecule has 0 spiro atoms. The number of rotatable bonds is 6. The summed E-state index contributed by atoms with van der Waals surface area (Å²) in [6.07, 6.45) is -2.85. The van der Waals surface area contributed by atoms with Crippen LogP contribution < -0.4 is 16.0 Å². The van der Waals surface area contributed by atoms with E-state index in [-0.39, 0.29) is 11.5 Å². The normalized spacial score (nSPS) is 11.3. The van der Waals surface area contributed by atoms with Crippen LogP contribution in [0.3, 0.4) is 0 Å². The minimum atomic E-state index is -4.56. The molecule has 0 fully saturated rings. The van der Waals surface area contributed by atoms with Gasteiger partial charge in [-0.15, -0.1) is 0 Å². The maximum absolute atomic E-state index is 13.1. The summed E-state index contributed by atoms with van der Waals surface area (Å²) in [6.45, 7) is 3.76. The highest BCUT2D eigenvalue weighted by molar-refractivity contribution is 7.22. The second-order valence-electron chi connectivity index (χ2n) is 9.06. The molecule has 5 rings (SSSR count). The third-order valence-corrected chi connectivity index (χ3v) is 6.93. The van der Waals surface area contributed by atoms with Gasteiger partial charge in [-0.3, -0.25) is 9.59 Å². The highest BCUT2D eigenvalue weighted by Gasteiger charge is 2.31. The number of anilines is 4. The number of carbonyl (C=O) groups is 2. The van der Waals surface area contributed by atoms with E-state index in [2.05, 4.69) is 25.9 Å². The average molecular weight is 562 g/mol. The van der Waals surface area contributed by atoms with Gasteiger partial charge in [0.05, 0.1) is 15.8 Å². The molecular formula is C29H22F3N5O2S. The SMILES string of the molecule is Cc1ccnc(Nc2nc3ccc(C(=O)Nc4cc(NC(=O)c5cccc(C(F)(F)F)c5)ccc4C)cc3s2)c1. The van der Waals surface area contributed by atoms with E-state index in [0.717, 1.165) is 33.5 Å². The van der Waals surface area contributed by atoms with Crippen LogP contribution in [0, 0.1) is 13.8 Å². The monoisotopic (exact) mass is 561 g/mol. The van der Waals surface area contributed by atoms with E-state index in [0.29, 0.717) is 27.9 Å². The van der Waals surface area contributed by atoms with Gasteiger partial charge in [-0.2, -0.15) is 13.2 Å². The van der Waals surface area contributed by atoms with Gasteiger partial charge in [-0.1, -0.05) is 23.5 Å². The van der Waals surface area contributed by atoms with Crippen LogP contribution in [0.15, 0.2) is 79.0 Å². The minimum absolute atomic E-state index is 0.133. The quantitative estimate of drug-likeness (QED) is 0.199.